The van der Waals surface area contributed by atoms with Crippen LogP contribution in [0.1, 0.15) is 59.0 Å². The third kappa shape index (κ3) is 4.53. The lowest BCUT2D eigenvalue weighted by atomic mass is 9.95. The summed E-state index contributed by atoms with van der Waals surface area (Å²) < 4.78 is 5.11. The molecule has 0 spiro atoms. The van der Waals surface area contributed by atoms with Gasteiger partial charge in [0.1, 0.15) is 6.04 Å². The van der Waals surface area contributed by atoms with Gasteiger partial charge in [0.25, 0.3) is 5.91 Å². The molecular weight excluding hydrogens is 344 g/mol. The summed E-state index contributed by atoms with van der Waals surface area (Å²) in [6.45, 7) is 8.61. The topological polar surface area (TPSA) is 88.3 Å². The molecule has 1 saturated heterocycles. The maximum atomic E-state index is 12.9. The molecule has 144 valence electrons. The van der Waals surface area contributed by atoms with Crippen LogP contribution in [-0.4, -0.2) is 39.9 Å². The van der Waals surface area contributed by atoms with E-state index in [0.717, 1.165) is 24.0 Å². The van der Waals surface area contributed by atoms with E-state index in [1.54, 1.807) is 11.8 Å². The van der Waals surface area contributed by atoms with Crippen molar-refractivity contribution in [3.63, 3.8) is 0 Å². The third-order valence-electron chi connectivity index (χ3n) is 4.82. The molecule has 0 unspecified atom stereocenters. The van der Waals surface area contributed by atoms with Crippen LogP contribution in [0.2, 0.25) is 0 Å². The van der Waals surface area contributed by atoms with E-state index < -0.39 is 0 Å². The fourth-order valence-electron chi connectivity index (χ4n) is 3.54. The van der Waals surface area contributed by atoms with Gasteiger partial charge in [-0.1, -0.05) is 22.3 Å². The van der Waals surface area contributed by atoms with Crippen LogP contribution in [0.4, 0.5) is 0 Å². The highest BCUT2D eigenvalue weighted by Crippen LogP contribution is 2.21. The van der Waals surface area contributed by atoms with Crippen molar-refractivity contribution < 1.29 is 14.1 Å². The number of nitrogens with zero attached hydrogens (tertiary/aromatic N) is 3. The van der Waals surface area contributed by atoms with Crippen molar-refractivity contribution in [3.05, 3.63) is 46.6 Å². The largest absolute Gasteiger partial charge is 0.344 e. The van der Waals surface area contributed by atoms with Crippen molar-refractivity contribution in [1.82, 2.24) is 20.4 Å². The zero-order chi connectivity index (χ0) is 19.6. The van der Waals surface area contributed by atoms with Crippen LogP contribution in [0.5, 0.6) is 0 Å². The number of piperidine rings is 1. The zero-order valence-corrected chi connectivity index (χ0v) is 16.3. The first-order chi connectivity index (χ1) is 12.8. The Labute approximate surface area is 159 Å². The van der Waals surface area contributed by atoms with Crippen molar-refractivity contribution in [3.8, 4) is 0 Å². The van der Waals surface area contributed by atoms with Gasteiger partial charge < -0.3 is 14.7 Å². The number of carbonyl (C=O) groups is 2. The monoisotopic (exact) mass is 370 g/mol. The van der Waals surface area contributed by atoms with Gasteiger partial charge in [0.05, 0.1) is 5.92 Å². The van der Waals surface area contributed by atoms with Crippen molar-refractivity contribution in [2.45, 2.75) is 46.6 Å². The molecule has 1 aromatic heterocycles. The Hall–Kier alpha value is -2.70. The first-order valence-electron chi connectivity index (χ1n) is 9.31. The molecule has 3 rings (SSSR count). The molecule has 1 aliphatic rings. The highest BCUT2D eigenvalue weighted by atomic mass is 16.5. The second-order valence-electron chi connectivity index (χ2n) is 7.38. The number of likely N-dealkylation sites (tertiary alicyclic amines) is 1. The van der Waals surface area contributed by atoms with Crippen LogP contribution in [0.3, 0.4) is 0 Å². The van der Waals surface area contributed by atoms with Crippen LogP contribution in [0.15, 0.2) is 22.7 Å². The number of aromatic nitrogens is 2. The molecule has 7 heteroatoms. The summed E-state index contributed by atoms with van der Waals surface area (Å²) >= 11 is 0. The fourth-order valence-corrected chi connectivity index (χ4v) is 3.54. The molecule has 27 heavy (non-hydrogen) atoms. The van der Waals surface area contributed by atoms with Gasteiger partial charge in [-0.25, -0.2) is 0 Å². The first-order valence-corrected chi connectivity index (χ1v) is 9.31. The lowest BCUT2D eigenvalue weighted by Crippen LogP contribution is -2.46. The van der Waals surface area contributed by atoms with Crippen molar-refractivity contribution in [2.24, 2.45) is 5.92 Å². The standard InChI is InChI=1S/C20H26N4O3/c1-12-8-13(2)10-17(9-12)20(26)24-7-5-6-16(11-24)18(25)21-14(3)19-22-15(4)23-27-19/h8-10,14,16H,5-7,11H2,1-4H3,(H,21,25)/t14-,16+/m1/s1. The number of amides is 2. The van der Waals surface area contributed by atoms with Crippen molar-refractivity contribution >= 4 is 11.8 Å². The summed E-state index contributed by atoms with van der Waals surface area (Å²) in [6, 6.07) is 5.49. The van der Waals surface area contributed by atoms with Gasteiger partial charge in [-0.3, -0.25) is 9.59 Å². The van der Waals surface area contributed by atoms with Gasteiger partial charge in [0, 0.05) is 18.7 Å². The number of hydrogen-bond donors (Lipinski definition) is 1. The van der Waals surface area contributed by atoms with Gasteiger partial charge in [0.2, 0.25) is 11.8 Å². The normalized spacial score (nSPS) is 18.2. The molecular formula is C20H26N4O3. The highest BCUT2D eigenvalue weighted by Gasteiger charge is 2.30. The van der Waals surface area contributed by atoms with E-state index in [4.69, 9.17) is 4.52 Å². The zero-order valence-electron chi connectivity index (χ0n) is 16.3. The quantitative estimate of drug-likeness (QED) is 0.894. The SMILES string of the molecule is Cc1cc(C)cc(C(=O)N2CCC[C@H](C(=O)N[C@H](C)c3nc(C)no3)C2)c1. The number of benzene rings is 1. The van der Waals surface area contributed by atoms with E-state index in [-0.39, 0.29) is 23.8 Å². The fraction of sp³-hybridized carbons (Fsp3) is 0.500. The molecule has 1 aromatic carbocycles. The van der Waals surface area contributed by atoms with E-state index in [2.05, 4.69) is 15.5 Å². The van der Waals surface area contributed by atoms with E-state index in [1.165, 1.54) is 0 Å². The molecule has 1 aliphatic heterocycles. The minimum Gasteiger partial charge on any atom is -0.344 e. The van der Waals surface area contributed by atoms with Crippen LogP contribution in [0, 0.1) is 26.7 Å². The Kier molecular flexibility index (Phi) is 5.58. The van der Waals surface area contributed by atoms with E-state index >= 15 is 0 Å². The molecule has 2 atom stereocenters. The number of aryl methyl sites for hydroxylation is 3. The number of carbonyl (C=O) groups excluding carboxylic acids is 2. The van der Waals surface area contributed by atoms with Crippen LogP contribution >= 0.6 is 0 Å². The minimum absolute atomic E-state index is 0.0140. The molecule has 1 fully saturated rings. The smallest absolute Gasteiger partial charge is 0.253 e. The van der Waals surface area contributed by atoms with Gasteiger partial charge in [-0.15, -0.1) is 0 Å². The van der Waals surface area contributed by atoms with E-state index in [0.29, 0.717) is 30.4 Å². The van der Waals surface area contributed by atoms with Gasteiger partial charge in [0.15, 0.2) is 5.82 Å². The van der Waals surface area contributed by atoms with Crippen LogP contribution < -0.4 is 5.32 Å². The van der Waals surface area contributed by atoms with Crippen LogP contribution in [0.25, 0.3) is 0 Å². The Bertz CT molecular complexity index is 825. The summed E-state index contributed by atoms with van der Waals surface area (Å²) in [7, 11) is 0. The number of nitrogens with one attached hydrogen (secondary N) is 1. The molecule has 2 aromatic rings. The maximum absolute atomic E-state index is 12.9. The second-order valence-corrected chi connectivity index (χ2v) is 7.38. The lowest BCUT2D eigenvalue weighted by molar-refractivity contribution is -0.127. The minimum atomic E-state index is -0.357. The summed E-state index contributed by atoms with van der Waals surface area (Å²) in [5.74, 6) is 0.588. The molecule has 2 heterocycles. The van der Waals surface area contributed by atoms with Crippen molar-refractivity contribution in [1.29, 1.82) is 0 Å². The van der Waals surface area contributed by atoms with Gasteiger partial charge in [-0.05, 0) is 52.7 Å². The molecule has 0 bridgehead atoms. The highest BCUT2D eigenvalue weighted by molar-refractivity contribution is 5.95. The van der Waals surface area contributed by atoms with Crippen molar-refractivity contribution in [2.75, 3.05) is 13.1 Å². The Morgan fingerprint density at radius 1 is 1.22 bits per heavy atom. The van der Waals surface area contributed by atoms with Crippen LogP contribution in [-0.2, 0) is 4.79 Å². The van der Waals surface area contributed by atoms with E-state index in [1.807, 2.05) is 39.0 Å². The Morgan fingerprint density at radius 3 is 2.56 bits per heavy atom. The number of rotatable bonds is 4. The third-order valence-corrected chi connectivity index (χ3v) is 4.82. The predicted molar refractivity (Wildman–Crippen MR) is 100 cm³/mol. The molecule has 7 nitrogen and oxygen atoms in total. The summed E-state index contributed by atoms with van der Waals surface area (Å²) in [5.41, 5.74) is 2.81. The van der Waals surface area contributed by atoms with Gasteiger partial charge in [-0.2, -0.15) is 4.98 Å². The first kappa shape index (κ1) is 19.1. The molecule has 0 aliphatic carbocycles. The van der Waals surface area contributed by atoms with E-state index in [9.17, 15) is 9.59 Å². The summed E-state index contributed by atoms with van der Waals surface area (Å²) in [6.07, 6.45) is 1.57. The summed E-state index contributed by atoms with van der Waals surface area (Å²) in [5, 5.41) is 6.67. The maximum Gasteiger partial charge on any atom is 0.253 e. The lowest BCUT2D eigenvalue weighted by Gasteiger charge is -2.32. The second kappa shape index (κ2) is 7.90. The molecule has 0 radical (unpaired) electrons. The molecule has 0 saturated carbocycles. The number of hydrogen-bond acceptors (Lipinski definition) is 5. The molecule has 1 N–H and O–H groups in total. The average Bonchev–Trinajstić information content (AvgIpc) is 3.07. The Balaban J connectivity index is 1.64. The predicted octanol–water partition coefficient (Wildman–Crippen LogP) is 2.72. The van der Waals surface area contributed by atoms with Gasteiger partial charge >= 0.3 is 0 Å². The Morgan fingerprint density at radius 2 is 1.93 bits per heavy atom. The summed E-state index contributed by atoms with van der Waals surface area (Å²) in [4.78, 5) is 31.5. The molecule has 2 amide bonds. The average molecular weight is 370 g/mol.